The molecule has 0 N–H and O–H groups in total. The van der Waals surface area contributed by atoms with Gasteiger partial charge in [0.2, 0.25) is 5.76 Å². The Balaban J connectivity index is 1.57. The zero-order valence-corrected chi connectivity index (χ0v) is 23.1. The van der Waals surface area contributed by atoms with E-state index >= 15 is 0 Å². The Labute approximate surface area is 235 Å². The number of carbonyl (C=O) groups excluding carboxylic acids is 2. The van der Waals surface area contributed by atoms with Crippen LogP contribution in [0.1, 0.15) is 40.6 Å². The van der Waals surface area contributed by atoms with Crippen molar-refractivity contribution in [2.24, 2.45) is 0 Å². The van der Waals surface area contributed by atoms with Crippen LogP contribution in [0.15, 0.2) is 69.9 Å². The first-order valence-electron chi connectivity index (χ1n) is 13.1. The molecule has 8 nitrogen and oxygen atoms in total. The molecule has 0 radical (unpaired) electrons. The number of para-hydroxylation sites is 1. The molecular formula is C31H27ClN2O6. The van der Waals surface area contributed by atoms with E-state index in [1.165, 1.54) is 11.0 Å². The maximum absolute atomic E-state index is 14.5. The van der Waals surface area contributed by atoms with E-state index < -0.39 is 16.9 Å². The summed E-state index contributed by atoms with van der Waals surface area (Å²) < 4.78 is 16.9. The maximum Gasteiger partial charge on any atom is 0.291 e. The maximum atomic E-state index is 14.5. The van der Waals surface area contributed by atoms with Crippen LogP contribution in [0.4, 0.5) is 5.69 Å². The Bertz CT molecular complexity index is 1750. The lowest BCUT2D eigenvalue weighted by Crippen LogP contribution is -2.54. The van der Waals surface area contributed by atoms with Crippen molar-refractivity contribution in [1.82, 2.24) is 4.90 Å². The number of ether oxygens (including phenoxy) is 2. The molecule has 2 amide bonds. The summed E-state index contributed by atoms with van der Waals surface area (Å²) in [6.07, 6.45) is 1.09. The number of fused-ring (bicyclic) bond motifs is 5. The van der Waals surface area contributed by atoms with Crippen molar-refractivity contribution in [2.75, 3.05) is 32.2 Å². The standard InChI is InChI=1S/C31H27ClN2O6/c1-4-14-33-22-8-6-5-7-21(22)31(30(33)37)26-27(35)20-17-19(32)10-12-23(20)40-28(26)29(36)34(31)15-13-18-9-11-24(38-2)25(16-18)39-3/h5-12,16-17H,4,13-15H2,1-3H3. The van der Waals surface area contributed by atoms with Crippen LogP contribution in [-0.4, -0.2) is 44.0 Å². The first-order valence-corrected chi connectivity index (χ1v) is 13.5. The second-order valence-corrected chi connectivity index (χ2v) is 10.3. The van der Waals surface area contributed by atoms with Gasteiger partial charge in [0.1, 0.15) is 5.58 Å². The van der Waals surface area contributed by atoms with Gasteiger partial charge in [0.05, 0.1) is 30.9 Å². The lowest BCUT2D eigenvalue weighted by Gasteiger charge is -2.34. The molecule has 1 unspecified atom stereocenters. The van der Waals surface area contributed by atoms with Crippen LogP contribution >= 0.6 is 11.6 Å². The number of hydrogen-bond donors (Lipinski definition) is 0. The molecule has 0 bridgehead atoms. The molecule has 0 saturated heterocycles. The molecule has 4 aromatic rings. The van der Waals surface area contributed by atoms with Gasteiger partial charge in [-0.05, 0) is 54.8 Å². The lowest BCUT2D eigenvalue weighted by molar-refractivity contribution is -0.126. The molecule has 1 atom stereocenters. The van der Waals surface area contributed by atoms with Crippen molar-refractivity contribution >= 4 is 40.1 Å². The Morgan fingerprint density at radius 1 is 0.925 bits per heavy atom. The fourth-order valence-corrected chi connectivity index (χ4v) is 6.16. The van der Waals surface area contributed by atoms with Crippen molar-refractivity contribution in [3.8, 4) is 11.5 Å². The minimum Gasteiger partial charge on any atom is -0.493 e. The summed E-state index contributed by atoms with van der Waals surface area (Å²) in [4.78, 5) is 46.0. The summed E-state index contributed by atoms with van der Waals surface area (Å²) in [6, 6.07) is 17.5. The Hall–Kier alpha value is -4.30. The minimum absolute atomic E-state index is 0.0376. The smallest absolute Gasteiger partial charge is 0.291 e. The molecule has 0 aliphatic carbocycles. The van der Waals surface area contributed by atoms with Crippen LogP contribution in [0.3, 0.4) is 0 Å². The molecule has 3 aromatic carbocycles. The summed E-state index contributed by atoms with van der Waals surface area (Å²) in [6.45, 7) is 2.57. The molecule has 2 aliphatic heterocycles. The topological polar surface area (TPSA) is 89.3 Å². The Morgan fingerprint density at radius 3 is 2.45 bits per heavy atom. The SMILES string of the molecule is CCCN1C(=O)C2(c3ccccc31)c1c(oc3ccc(Cl)cc3c1=O)C(=O)N2CCc1ccc(OC)c(OC)c1. The fourth-order valence-electron chi connectivity index (χ4n) is 5.99. The van der Waals surface area contributed by atoms with Gasteiger partial charge in [-0.15, -0.1) is 0 Å². The average Bonchev–Trinajstić information content (AvgIpc) is 3.36. The van der Waals surface area contributed by atoms with E-state index in [4.69, 9.17) is 25.5 Å². The molecule has 1 aromatic heterocycles. The number of anilines is 1. The van der Waals surface area contributed by atoms with Crippen molar-refractivity contribution in [3.63, 3.8) is 0 Å². The van der Waals surface area contributed by atoms with Gasteiger partial charge >= 0.3 is 0 Å². The summed E-state index contributed by atoms with van der Waals surface area (Å²) in [7, 11) is 3.12. The van der Waals surface area contributed by atoms with E-state index in [9.17, 15) is 14.4 Å². The number of methoxy groups -OCH3 is 2. The molecular weight excluding hydrogens is 532 g/mol. The zero-order valence-electron chi connectivity index (χ0n) is 22.3. The van der Waals surface area contributed by atoms with Gasteiger partial charge < -0.3 is 23.7 Å². The summed E-state index contributed by atoms with van der Waals surface area (Å²) in [5.41, 5.74) is 0.307. The van der Waals surface area contributed by atoms with Crippen molar-refractivity contribution < 1.29 is 23.5 Å². The third-order valence-electron chi connectivity index (χ3n) is 7.72. The number of amides is 2. The van der Waals surface area contributed by atoms with Crippen molar-refractivity contribution in [3.05, 3.63) is 98.4 Å². The van der Waals surface area contributed by atoms with Gasteiger partial charge in [-0.1, -0.05) is 42.8 Å². The molecule has 6 rings (SSSR count). The predicted octanol–water partition coefficient (Wildman–Crippen LogP) is 5.16. The van der Waals surface area contributed by atoms with E-state index in [-0.39, 0.29) is 34.7 Å². The summed E-state index contributed by atoms with van der Waals surface area (Å²) >= 11 is 6.24. The van der Waals surface area contributed by atoms with E-state index in [1.807, 2.05) is 43.3 Å². The van der Waals surface area contributed by atoms with Crippen LogP contribution in [0.2, 0.25) is 5.02 Å². The molecule has 0 fully saturated rings. The molecule has 1 spiro atoms. The van der Waals surface area contributed by atoms with Gasteiger partial charge in [0, 0.05) is 23.7 Å². The van der Waals surface area contributed by atoms with Crippen LogP contribution < -0.4 is 19.8 Å². The zero-order chi connectivity index (χ0) is 28.2. The minimum atomic E-state index is -1.66. The normalized spacial score (nSPS) is 17.6. The summed E-state index contributed by atoms with van der Waals surface area (Å²) in [5, 5.41) is 0.577. The Morgan fingerprint density at radius 2 is 1.70 bits per heavy atom. The van der Waals surface area contributed by atoms with Gasteiger partial charge in [0.15, 0.2) is 22.5 Å². The number of carbonyl (C=O) groups is 2. The lowest BCUT2D eigenvalue weighted by atomic mass is 9.83. The fraction of sp³-hybridized carbons (Fsp3) is 0.258. The van der Waals surface area contributed by atoms with E-state index in [0.29, 0.717) is 47.2 Å². The van der Waals surface area contributed by atoms with Gasteiger partial charge in [-0.2, -0.15) is 0 Å². The first kappa shape index (κ1) is 26.0. The van der Waals surface area contributed by atoms with Crippen LogP contribution in [-0.2, 0) is 16.8 Å². The van der Waals surface area contributed by atoms with Gasteiger partial charge in [-0.25, -0.2) is 0 Å². The highest BCUT2D eigenvalue weighted by atomic mass is 35.5. The first-order chi connectivity index (χ1) is 19.4. The van der Waals surface area contributed by atoms with E-state index in [0.717, 1.165) is 5.56 Å². The quantitative estimate of drug-likeness (QED) is 0.311. The number of benzene rings is 3. The van der Waals surface area contributed by atoms with Crippen LogP contribution in [0.5, 0.6) is 11.5 Å². The second-order valence-electron chi connectivity index (χ2n) is 9.86. The van der Waals surface area contributed by atoms with Gasteiger partial charge in [-0.3, -0.25) is 14.4 Å². The van der Waals surface area contributed by atoms with E-state index in [1.54, 1.807) is 37.3 Å². The third kappa shape index (κ3) is 3.55. The second kappa shape index (κ2) is 9.71. The number of hydrogen-bond acceptors (Lipinski definition) is 6. The van der Waals surface area contributed by atoms with Gasteiger partial charge in [0.25, 0.3) is 11.8 Å². The highest BCUT2D eigenvalue weighted by molar-refractivity contribution is 6.31. The summed E-state index contributed by atoms with van der Waals surface area (Å²) in [5.74, 6) is 0.174. The third-order valence-corrected chi connectivity index (χ3v) is 7.95. The molecule has 3 heterocycles. The molecule has 40 heavy (non-hydrogen) atoms. The highest BCUT2D eigenvalue weighted by Crippen LogP contribution is 2.52. The van der Waals surface area contributed by atoms with Crippen molar-refractivity contribution in [2.45, 2.75) is 25.3 Å². The number of nitrogens with zero attached hydrogens (tertiary/aromatic N) is 2. The molecule has 9 heteroatoms. The largest absolute Gasteiger partial charge is 0.493 e. The van der Waals surface area contributed by atoms with Crippen LogP contribution in [0.25, 0.3) is 11.0 Å². The monoisotopic (exact) mass is 558 g/mol. The average molecular weight is 559 g/mol. The Kier molecular flexibility index (Phi) is 6.30. The van der Waals surface area contributed by atoms with Crippen LogP contribution in [0, 0.1) is 0 Å². The van der Waals surface area contributed by atoms with Crippen molar-refractivity contribution in [1.29, 1.82) is 0 Å². The number of rotatable bonds is 7. The highest BCUT2D eigenvalue weighted by Gasteiger charge is 2.64. The molecule has 0 saturated carbocycles. The molecule has 204 valence electrons. The number of halogens is 1. The van der Waals surface area contributed by atoms with E-state index in [2.05, 4.69) is 0 Å². The molecule has 2 aliphatic rings. The predicted molar refractivity (Wildman–Crippen MR) is 152 cm³/mol.